The Kier molecular flexibility index (Phi) is 6.48. The topological polar surface area (TPSA) is 55.1 Å². The fraction of sp³-hybridized carbons (Fsp3) is 0.500. The first-order valence-corrected chi connectivity index (χ1v) is 6.67. The molecule has 0 heterocycles. The second-order valence-corrected chi connectivity index (χ2v) is 5.21. The van der Waals surface area contributed by atoms with Gasteiger partial charge in [0.15, 0.2) is 17.5 Å². The summed E-state index contributed by atoms with van der Waals surface area (Å²) in [6.07, 6.45) is 4.07. The van der Waals surface area contributed by atoms with E-state index in [1.54, 1.807) is 0 Å². The predicted octanol–water partition coefficient (Wildman–Crippen LogP) is 3.37. The Hall–Kier alpha value is -1.27. The van der Waals surface area contributed by atoms with E-state index in [9.17, 15) is 18.0 Å². The molecule has 1 aromatic rings. The number of hydrogen-bond donors (Lipinski definition) is 2. The van der Waals surface area contributed by atoms with Crippen LogP contribution in [0.2, 0.25) is 0 Å². The van der Waals surface area contributed by atoms with Gasteiger partial charge in [0, 0.05) is 30.3 Å². The van der Waals surface area contributed by atoms with Crippen LogP contribution in [0.4, 0.5) is 18.9 Å². The summed E-state index contributed by atoms with van der Waals surface area (Å²) in [6, 6.07) is 1.50. The van der Waals surface area contributed by atoms with Gasteiger partial charge in [-0.2, -0.15) is 0 Å². The molecule has 7 heteroatoms. The summed E-state index contributed by atoms with van der Waals surface area (Å²) in [7, 11) is 0. The van der Waals surface area contributed by atoms with Gasteiger partial charge in [0.2, 0.25) is 5.91 Å². The van der Waals surface area contributed by atoms with E-state index >= 15 is 0 Å². The monoisotopic (exact) mass is 322 g/mol. The number of benzene rings is 1. The number of hydrogen-bond acceptors (Lipinski definition) is 2. The number of halogens is 4. The van der Waals surface area contributed by atoms with E-state index in [0.29, 0.717) is 0 Å². The zero-order chi connectivity index (χ0) is 14.7. The molecular formula is C14H18ClF3N2O. The smallest absolute Gasteiger partial charge is 0.224 e. The van der Waals surface area contributed by atoms with Crippen LogP contribution < -0.4 is 11.1 Å². The minimum atomic E-state index is -1.54. The highest BCUT2D eigenvalue weighted by molar-refractivity contribution is 5.90. The lowest BCUT2D eigenvalue weighted by Crippen LogP contribution is -2.35. The van der Waals surface area contributed by atoms with Crippen molar-refractivity contribution < 1.29 is 18.0 Å². The Morgan fingerprint density at radius 3 is 2.33 bits per heavy atom. The summed E-state index contributed by atoms with van der Waals surface area (Å²) in [5, 5.41) is 2.38. The fourth-order valence-electron chi connectivity index (χ4n) is 2.57. The quantitative estimate of drug-likeness (QED) is 0.838. The third kappa shape index (κ3) is 4.61. The Balaban J connectivity index is 0.00000220. The van der Waals surface area contributed by atoms with Crippen molar-refractivity contribution in [2.24, 2.45) is 11.7 Å². The molecule has 0 aromatic heterocycles. The number of amides is 1. The highest BCUT2D eigenvalue weighted by atomic mass is 35.5. The SMILES string of the molecule is Cl.NC1CCCCC1CC(=O)Nc1cc(F)c(F)c(F)c1. The normalized spacial score (nSPS) is 21.5. The first-order valence-electron chi connectivity index (χ1n) is 6.67. The minimum absolute atomic E-state index is 0. The molecule has 21 heavy (non-hydrogen) atoms. The third-order valence-electron chi connectivity index (χ3n) is 3.68. The first-order chi connectivity index (χ1) is 9.47. The second kappa shape index (κ2) is 7.66. The Labute approximate surface area is 127 Å². The van der Waals surface area contributed by atoms with E-state index in [1.807, 2.05) is 0 Å². The van der Waals surface area contributed by atoms with E-state index in [1.165, 1.54) is 0 Å². The molecule has 2 atom stereocenters. The number of nitrogens with one attached hydrogen (secondary N) is 1. The molecule has 1 aliphatic rings. The summed E-state index contributed by atoms with van der Waals surface area (Å²) in [5.74, 6) is -4.47. The van der Waals surface area contributed by atoms with Gasteiger partial charge in [-0.3, -0.25) is 4.79 Å². The van der Waals surface area contributed by atoms with Crippen LogP contribution in [-0.4, -0.2) is 11.9 Å². The Morgan fingerprint density at radius 2 is 1.76 bits per heavy atom. The highest BCUT2D eigenvalue weighted by Crippen LogP contribution is 2.26. The number of rotatable bonds is 3. The molecule has 2 rings (SSSR count). The van der Waals surface area contributed by atoms with E-state index in [-0.39, 0.29) is 42.4 Å². The molecule has 1 amide bonds. The van der Waals surface area contributed by atoms with Gasteiger partial charge in [0.1, 0.15) is 0 Å². The van der Waals surface area contributed by atoms with Crippen molar-refractivity contribution in [2.45, 2.75) is 38.1 Å². The lowest BCUT2D eigenvalue weighted by Gasteiger charge is -2.27. The van der Waals surface area contributed by atoms with Crippen molar-refractivity contribution in [3.05, 3.63) is 29.6 Å². The average Bonchev–Trinajstić information content (AvgIpc) is 2.38. The lowest BCUT2D eigenvalue weighted by molar-refractivity contribution is -0.117. The maximum Gasteiger partial charge on any atom is 0.224 e. The predicted molar refractivity (Wildman–Crippen MR) is 76.7 cm³/mol. The maximum atomic E-state index is 13.0. The number of anilines is 1. The van der Waals surface area contributed by atoms with Crippen LogP contribution in [0.25, 0.3) is 0 Å². The molecule has 0 radical (unpaired) electrons. The van der Waals surface area contributed by atoms with Crippen LogP contribution in [0, 0.1) is 23.4 Å². The largest absolute Gasteiger partial charge is 0.327 e. The molecule has 1 fully saturated rings. The van der Waals surface area contributed by atoms with Gasteiger partial charge in [-0.15, -0.1) is 12.4 Å². The molecule has 118 valence electrons. The zero-order valence-electron chi connectivity index (χ0n) is 11.4. The summed E-state index contributed by atoms with van der Waals surface area (Å²) >= 11 is 0. The number of nitrogens with two attached hydrogens (primary N) is 1. The summed E-state index contributed by atoms with van der Waals surface area (Å²) in [6.45, 7) is 0. The molecular weight excluding hydrogens is 305 g/mol. The van der Waals surface area contributed by atoms with E-state index in [2.05, 4.69) is 5.32 Å². The van der Waals surface area contributed by atoms with Crippen molar-refractivity contribution in [1.29, 1.82) is 0 Å². The van der Waals surface area contributed by atoms with Crippen LogP contribution >= 0.6 is 12.4 Å². The van der Waals surface area contributed by atoms with Crippen molar-refractivity contribution in [3.63, 3.8) is 0 Å². The van der Waals surface area contributed by atoms with Crippen molar-refractivity contribution in [3.8, 4) is 0 Å². The van der Waals surface area contributed by atoms with Gasteiger partial charge in [-0.05, 0) is 18.8 Å². The van der Waals surface area contributed by atoms with Crippen LogP contribution in [0.1, 0.15) is 32.1 Å². The molecule has 0 saturated heterocycles. The molecule has 1 saturated carbocycles. The molecule has 3 N–H and O–H groups in total. The Bertz CT molecular complexity index is 490. The van der Waals surface area contributed by atoms with E-state index < -0.39 is 17.5 Å². The average molecular weight is 323 g/mol. The van der Waals surface area contributed by atoms with E-state index in [4.69, 9.17) is 5.73 Å². The van der Waals surface area contributed by atoms with Gasteiger partial charge in [0.05, 0.1) is 0 Å². The van der Waals surface area contributed by atoms with Crippen LogP contribution in [0.5, 0.6) is 0 Å². The van der Waals surface area contributed by atoms with Crippen LogP contribution in [-0.2, 0) is 4.79 Å². The number of carbonyl (C=O) groups is 1. The van der Waals surface area contributed by atoms with Crippen LogP contribution in [0.3, 0.4) is 0 Å². The molecule has 0 bridgehead atoms. The number of carbonyl (C=O) groups excluding carboxylic acids is 1. The van der Waals surface area contributed by atoms with Gasteiger partial charge in [-0.25, -0.2) is 13.2 Å². The third-order valence-corrected chi connectivity index (χ3v) is 3.68. The van der Waals surface area contributed by atoms with Gasteiger partial charge in [-0.1, -0.05) is 12.8 Å². The molecule has 0 aliphatic heterocycles. The fourth-order valence-corrected chi connectivity index (χ4v) is 2.57. The highest BCUT2D eigenvalue weighted by Gasteiger charge is 2.24. The summed E-state index contributed by atoms with van der Waals surface area (Å²) < 4.78 is 38.8. The van der Waals surface area contributed by atoms with Gasteiger partial charge in [0.25, 0.3) is 0 Å². The molecule has 2 unspecified atom stereocenters. The zero-order valence-corrected chi connectivity index (χ0v) is 12.2. The Morgan fingerprint density at radius 1 is 1.19 bits per heavy atom. The van der Waals surface area contributed by atoms with Gasteiger partial charge >= 0.3 is 0 Å². The van der Waals surface area contributed by atoms with Crippen molar-refractivity contribution in [2.75, 3.05) is 5.32 Å². The maximum absolute atomic E-state index is 13.0. The standard InChI is InChI=1S/C14H17F3N2O.ClH/c15-10-6-9(7-11(16)14(10)17)19-13(20)5-8-3-1-2-4-12(8)18;/h6-8,12H,1-5,18H2,(H,19,20);1H. The molecule has 0 spiro atoms. The van der Waals surface area contributed by atoms with E-state index in [0.717, 1.165) is 37.8 Å². The summed E-state index contributed by atoms with van der Waals surface area (Å²) in [5.41, 5.74) is 5.85. The summed E-state index contributed by atoms with van der Waals surface area (Å²) in [4.78, 5) is 11.8. The molecule has 3 nitrogen and oxygen atoms in total. The van der Waals surface area contributed by atoms with Crippen LogP contribution in [0.15, 0.2) is 12.1 Å². The minimum Gasteiger partial charge on any atom is -0.327 e. The molecule has 1 aromatic carbocycles. The lowest BCUT2D eigenvalue weighted by atomic mass is 9.83. The van der Waals surface area contributed by atoms with Crippen molar-refractivity contribution in [1.82, 2.24) is 0 Å². The molecule has 1 aliphatic carbocycles. The van der Waals surface area contributed by atoms with Crippen molar-refractivity contribution >= 4 is 24.0 Å². The first kappa shape index (κ1) is 17.8. The van der Waals surface area contributed by atoms with Gasteiger partial charge < -0.3 is 11.1 Å². The second-order valence-electron chi connectivity index (χ2n) is 5.21.